The summed E-state index contributed by atoms with van der Waals surface area (Å²) in [5, 5.41) is 11.2. The van der Waals surface area contributed by atoms with Crippen molar-refractivity contribution in [2.24, 2.45) is 0 Å². The summed E-state index contributed by atoms with van der Waals surface area (Å²) in [5.74, 6) is -0.364. The fourth-order valence-electron chi connectivity index (χ4n) is 5.26. The standard InChI is InChI=1S/C28H36F2N6O2/c1-35-13-9-25(10-14-35)38-24-5-3-22(4-6-24)34-23-8-12-31-17-28(37-15-11-23,18-36-20-32-19-33-36)26-7-2-21(29)16-27(26)30/h2-7,16,19-20,23,25,31,34H,8-15,17-18H2,1H3. The fourth-order valence-corrected chi connectivity index (χ4v) is 5.26. The van der Waals surface area contributed by atoms with E-state index in [2.05, 4.69) is 32.7 Å². The van der Waals surface area contributed by atoms with Gasteiger partial charge in [-0.15, -0.1) is 0 Å². The maximum atomic E-state index is 15.0. The van der Waals surface area contributed by atoms with Crippen molar-refractivity contribution in [3.63, 3.8) is 0 Å². The molecule has 5 rings (SSSR count). The number of benzene rings is 2. The Morgan fingerprint density at radius 3 is 2.66 bits per heavy atom. The van der Waals surface area contributed by atoms with Crippen molar-refractivity contribution in [1.82, 2.24) is 25.0 Å². The van der Waals surface area contributed by atoms with Crippen molar-refractivity contribution >= 4 is 5.69 Å². The third kappa shape index (κ3) is 6.67. The van der Waals surface area contributed by atoms with Gasteiger partial charge in [-0.3, -0.25) is 0 Å². The zero-order chi connectivity index (χ0) is 26.4. The number of nitrogens with zero attached hydrogens (tertiary/aromatic N) is 4. The predicted molar refractivity (Wildman–Crippen MR) is 141 cm³/mol. The number of likely N-dealkylation sites (tertiary alicyclic amines) is 1. The molecular weight excluding hydrogens is 490 g/mol. The van der Waals surface area contributed by atoms with Gasteiger partial charge in [0.25, 0.3) is 0 Å². The minimum Gasteiger partial charge on any atom is -0.490 e. The van der Waals surface area contributed by atoms with E-state index in [0.717, 1.165) is 56.3 Å². The highest BCUT2D eigenvalue weighted by Gasteiger charge is 2.37. The number of ether oxygens (including phenoxy) is 2. The number of hydrogen-bond donors (Lipinski definition) is 2. The van der Waals surface area contributed by atoms with Crippen LogP contribution >= 0.6 is 0 Å². The largest absolute Gasteiger partial charge is 0.490 e. The molecule has 1 aromatic heterocycles. The van der Waals surface area contributed by atoms with Gasteiger partial charge in [-0.25, -0.2) is 18.4 Å². The molecule has 0 amide bonds. The van der Waals surface area contributed by atoms with Crippen molar-refractivity contribution in [1.29, 1.82) is 0 Å². The van der Waals surface area contributed by atoms with Gasteiger partial charge in [0.15, 0.2) is 0 Å². The van der Waals surface area contributed by atoms with E-state index in [1.54, 1.807) is 11.0 Å². The molecule has 10 heteroatoms. The predicted octanol–water partition coefficient (Wildman–Crippen LogP) is 3.81. The second kappa shape index (κ2) is 12.2. The highest BCUT2D eigenvalue weighted by atomic mass is 19.1. The minimum atomic E-state index is -1.06. The van der Waals surface area contributed by atoms with Gasteiger partial charge in [-0.2, -0.15) is 5.10 Å². The highest BCUT2D eigenvalue weighted by molar-refractivity contribution is 5.47. The van der Waals surface area contributed by atoms with Crippen LogP contribution in [-0.4, -0.2) is 71.6 Å². The van der Waals surface area contributed by atoms with Crippen LogP contribution < -0.4 is 15.4 Å². The summed E-state index contributed by atoms with van der Waals surface area (Å²) in [6, 6.07) is 11.9. The number of hydrogen-bond acceptors (Lipinski definition) is 7. The minimum absolute atomic E-state index is 0.156. The third-order valence-corrected chi connectivity index (χ3v) is 7.42. The van der Waals surface area contributed by atoms with Crippen molar-refractivity contribution < 1.29 is 18.3 Å². The van der Waals surface area contributed by atoms with Gasteiger partial charge in [-0.05, 0) is 69.6 Å². The lowest BCUT2D eigenvalue weighted by molar-refractivity contribution is -0.0655. The van der Waals surface area contributed by atoms with Gasteiger partial charge in [0.05, 0.1) is 6.54 Å². The molecule has 2 N–H and O–H groups in total. The van der Waals surface area contributed by atoms with Gasteiger partial charge in [0.1, 0.15) is 41.7 Å². The van der Waals surface area contributed by atoms with Crippen molar-refractivity contribution in [3.05, 3.63) is 72.3 Å². The fraction of sp³-hybridized carbons (Fsp3) is 0.500. The number of halogens is 2. The molecule has 8 nitrogen and oxygen atoms in total. The summed E-state index contributed by atoms with van der Waals surface area (Å²) in [6.07, 6.45) is 6.95. The summed E-state index contributed by atoms with van der Waals surface area (Å²) in [5.41, 5.74) is 0.254. The second-order valence-corrected chi connectivity index (χ2v) is 10.3. The molecule has 0 spiro atoms. The number of nitrogens with one attached hydrogen (secondary N) is 2. The van der Waals surface area contributed by atoms with Gasteiger partial charge in [0, 0.05) is 49.6 Å². The van der Waals surface area contributed by atoms with Gasteiger partial charge in [-0.1, -0.05) is 6.07 Å². The van der Waals surface area contributed by atoms with E-state index < -0.39 is 17.2 Å². The molecule has 2 saturated heterocycles. The number of piperidine rings is 1. The Bertz CT molecular complexity index is 1150. The monoisotopic (exact) mass is 526 g/mol. The van der Waals surface area contributed by atoms with E-state index in [0.29, 0.717) is 25.3 Å². The van der Waals surface area contributed by atoms with E-state index in [9.17, 15) is 8.78 Å². The number of anilines is 1. The number of aromatic nitrogens is 3. The van der Waals surface area contributed by atoms with Crippen molar-refractivity contribution in [2.45, 2.75) is 50.0 Å². The topological polar surface area (TPSA) is 76.5 Å². The Labute approximate surface area is 222 Å². The molecule has 2 aromatic carbocycles. The van der Waals surface area contributed by atoms with Gasteiger partial charge >= 0.3 is 0 Å². The maximum Gasteiger partial charge on any atom is 0.137 e. The SMILES string of the molecule is CN1CCC(Oc2ccc(NC3CCNCC(Cn4cncn4)(c4ccc(F)cc4F)OCC3)cc2)CC1. The summed E-state index contributed by atoms with van der Waals surface area (Å²) in [4.78, 5) is 6.34. The molecular formula is C28H36F2N6O2. The zero-order valence-corrected chi connectivity index (χ0v) is 21.8. The van der Waals surface area contributed by atoms with Crippen LogP contribution in [0, 0.1) is 11.6 Å². The average Bonchev–Trinajstić information content (AvgIpc) is 3.43. The van der Waals surface area contributed by atoms with Gasteiger partial charge < -0.3 is 25.0 Å². The Hall–Kier alpha value is -3.08. The molecule has 0 saturated carbocycles. The van der Waals surface area contributed by atoms with Crippen molar-refractivity contribution in [3.8, 4) is 5.75 Å². The lowest BCUT2D eigenvalue weighted by atomic mass is 9.92. The Morgan fingerprint density at radius 2 is 1.92 bits per heavy atom. The van der Waals surface area contributed by atoms with Crippen LogP contribution in [0.4, 0.5) is 14.5 Å². The molecule has 3 heterocycles. The zero-order valence-electron chi connectivity index (χ0n) is 21.8. The molecule has 38 heavy (non-hydrogen) atoms. The lowest BCUT2D eigenvalue weighted by Crippen LogP contribution is -2.45. The molecule has 2 atom stereocenters. The molecule has 2 unspecified atom stereocenters. The molecule has 2 aliphatic rings. The van der Waals surface area contributed by atoms with Gasteiger partial charge in [0.2, 0.25) is 0 Å². The lowest BCUT2D eigenvalue weighted by Gasteiger charge is -2.34. The first-order chi connectivity index (χ1) is 18.5. The Morgan fingerprint density at radius 1 is 1.11 bits per heavy atom. The summed E-state index contributed by atoms with van der Waals surface area (Å²) < 4.78 is 42.9. The van der Waals surface area contributed by atoms with Crippen LogP contribution in [0.25, 0.3) is 0 Å². The molecule has 3 aromatic rings. The molecule has 2 aliphatic heterocycles. The summed E-state index contributed by atoms with van der Waals surface area (Å²) in [7, 11) is 2.15. The van der Waals surface area contributed by atoms with E-state index in [1.807, 2.05) is 24.3 Å². The molecule has 0 bridgehead atoms. The smallest absolute Gasteiger partial charge is 0.137 e. The second-order valence-electron chi connectivity index (χ2n) is 10.3. The van der Waals surface area contributed by atoms with Crippen LogP contribution in [0.15, 0.2) is 55.1 Å². The first kappa shape index (κ1) is 26.5. The first-order valence-electron chi connectivity index (χ1n) is 13.3. The van der Waals surface area contributed by atoms with Crippen molar-refractivity contribution in [2.75, 3.05) is 45.2 Å². The van der Waals surface area contributed by atoms with E-state index in [1.165, 1.54) is 18.5 Å². The summed E-state index contributed by atoms with van der Waals surface area (Å²) in [6.45, 7) is 3.83. The van der Waals surface area contributed by atoms with Crippen LogP contribution in [0.5, 0.6) is 5.75 Å². The van der Waals surface area contributed by atoms with Crippen LogP contribution in [0.1, 0.15) is 31.2 Å². The normalized spacial score (nSPS) is 23.8. The van der Waals surface area contributed by atoms with Crippen LogP contribution in [-0.2, 0) is 16.9 Å². The Kier molecular flexibility index (Phi) is 8.51. The van der Waals surface area contributed by atoms with Crippen LogP contribution in [0.3, 0.4) is 0 Å². The summed E-state index contributed by atoms with van der Waals surface area (Å²) >= 11 is 0. The molecule has 0 radical (unpaired) electrons. The first-order valence-corrected chi connectivity index (χ1v) is 13.3. The highest BCUT2D eigenvalue weighted by Crippen LogP contribution is 2.32. The molecule has 204 valence electrons. The van der Waals surface area contributed by atoms with E-state index >= 15 is 0 Å². The number of rotatable bonds is 7. The van der Waals surface area contributed by atoms with E-state index in [4.69, 9.17) is 9.47 Å². The van der Waals surface area contributed by atoms with E-state index in [-0.39, 0.29) is 18.7 Å². The molecule has 0 aliphatic carbocycles. The third-order valence-electron chi connectivity index (χ3n) is 7.42. The molecule has 2 fully saturated rings. The average molecular weight is 527 g/mol. The quantitative estimate of drug-likeness (QED) is 0.485. The van der Waals surface area contributed by atoms with Crippen LogP contribution in [0.2, 0.25) is 0 Å². The maximum absolute atomic E-state index is 15.0. The Balaban J connectivity index is 1.23.